The molecule has 0 saturated carbocycles. The van der Waals surface area contributed by atoms with E-state index in [4.69, 9.17) is 15.2 Å². The van der Waals surface area contributed by atoms with Crippen LogP contribution in [0.2, 0.25) is 0 Å². The van der Waals surface area contributed by atoms with Crippen LogP contribution >= 0.6 is 11.3 Å². The van der Waals surface area contributed by atoms with Crippen LogP contribution in [0, 0.1) is 11.3 Å². The van der Waals surface area contributed by atoms with Crippen LogP contribution < -0.4 is 10.6 Å². The zero-order chi connectivity index (χ0) is 26.9. The number of rotatable bonds is 5. The highest BCUT2D eigenvalue weighted by atomic mass is 32.1. The number of nitrogens with two attached hydrogens (primary N) is 1. The minimum absolute atomic E-state index is 0.0245. The predicted octanol–water partition coefficient (Wildman–Crippen LogP) is 3.50. The molecule has 1 atom stereocenters. The van der Waals surface area contributed by atoms with Crippen LogP contribution in [0.25, 0.3) is 10.1 Å². The largest absolute Gasteiger partial charge is 0.466 e. The van der Waals surface area contributed by atoms with E-state index in [0.29, 0.717) is 16.1 Å². The topological polar surface area (TPSA) is 126 Å². The first kappa shape index (κ1) is 25.5. The Morgan fingerprint density at radius 3 is 2.30 bits per heavy atom. The molecule has 0 bridgehead atoms. The molecule has 3 aromatic rings. The number of anilines is 1. The fourth-order valence-electron chi connectivity index (χ4n) is 4.28. The third kappa shape index (κ3) is 4.41. The zero-order valence-electron chi connectivity index (χ0n) is 20.6. The molecular weight excluding hydrogens is 492 g/mol. The molecule has 1 aliphatic rings. The lowest BCUT2D eigenvalue weighted by molar-refractivity contribution is -0.139. The third-order valence-electron chi connectivity index (χ3n) is 5.99. The second kappa shape index (κ2) is 10.2. The molecule has 2 aromatic carbocycles. The monoisotopic (exact) mass is 516 g/mol. The lowest BCUT2D eigenvalue weighted by Crippen LogP contribution is -2.40. The van der Waals surface area contributed by atoms with Gasteiger partial charge in [-0.1, -0.05) is 30.3 Å². The van der Waals surface area contributed by atoms with Gasteiger partial charge in [0.05, 0.1) is 42.2 Å². The van der Waals surface area contributed by atoms with E-state index in [0.717, 1.165) is 10.1 Å². The number of methoxy groups -OCH3 is 2. The summed E-state index contributed by atoms with van der Waals surface area (Å²) in [6.07, 6.45) is 0. The van der Waals surface area contributed by atoms with E-state index in [1.807, 2.05) is 0 Å². The van der Waals surface area contributed by atoms with E-state index in [1.54, 1.807) is 68.7 Å². The van der Waals surface area contributed by atoms with Crippen LogP contribution in [0.4, 0.5) is 5.69 Å². The lowest BCUT2D eigenvalue weighted by atomic mass is 9.81. The number of nitriles is 1. The van der Waals surface area contributed by atoms with Crippen LogP contribution in [-0.2, 0) is 19.1 Å². The van der Waals surface area contributed by atoms with Crippen molar-refractivity contribution in [2.75, 3.05) is 33.2 Å². The van der Waals surface area contributed by atoms with Gasteiger partial charge in [-0.3, -0.25) is 9.69 Å². The summed E-state index contributed by atoms with van der Waals surface area (Å²) in [5, 5.41) is 10.9. The van der Waals surface area contributed by atoms with Crippen molar-refractivity contribution >= 4 is 45.0 Å². The Morgan fingerprint density at radius 1 is 1.03 bits per heavy atom. The molecule has 1 aliphatic heterocycles. The van der Waals surface area contributed by atoms with Gasteiger partial charge in [-0.2, -0.15) is 5.26 Å². The van der Waals surface area contributed by atoms with Crippen molar-refractivity contribution in [3.8, 4) is 6.07 Å². The van der Waals surface area contributed by atoms with Crippen LogP contribution in [0.5, 0.6) is 0 Å². The Bertz CT molecular complexity index is 1510. The van der Waals surface area contributed by atoms with Gasteiger partial charge in [0, 0.05) is 24.5 Å². The van der Waals surface area contributed by atoms with Gasteiger partial charge < -0.3 is 20.1 Å². The summed E-state index contributed by atoms with van der Waals surface area (Å²) in [6.45, 7) is 0. The normalized spacial score (nSPS) is 15.4. The van der Waals surface area contributed by atoms with Crippen molar-refractivity contribution in [2.45, 2.75) is 5.92 Å². The Kier molecular flexibility index (Phi) is 7.00. The molecule has 10 heteroatoms. The number of fused-ring (bicyclic) bond motifs is 1. The molecule has 0 spiro atoms. The summed E-state index contributed by atoms with van der Waals surface area (Å²) >= 11 is 1.33. The van der Waals surface area contributed by atoms with Crippen molar-refractivity contribution in [2.24, 2.45) is 5.73 Å². The molecule has 2 heterocycles. The van der Waals surface area contributed by atoms with Crippen molar-refractivity contribution in [1.29, 1.82) is 5.26 Å². The number of benzene rings is 2. The molecule has 0 saturated heterocycles. The number of hydrogen-bond acceptors (Lipinski definition) is 9. The lowest BCUT2D eigenvalue weighted by Gasteiger charge is -2.35. The van der Waals surface area contributed by atoms with E-state index >= 15 is 0 Å². The highest BCUT2D eigenvalue weighted by Crippen LogP contribution is 2.44. The molecule has 37 heavy (non-hydrogen) atoms. The van der Waals surface area contributed by atoms with E-state index < -0.39 is 17.9 Å². The number of ether oxygens (including phenoxy) is 2. The summed E-state index contributed by atoms with van der Waals surface area (Å²) in [5.74, 6) is -2.73. The summed E-state index contributed by atoms with van der Waals surface area (Å²) in [5.41, 5.74) is 7.40. The highest BCUT2D eigenvalue weighted by Gasteiger charge is 2.43. The van der Waals surface area contributed by atoms with Gasteiger partial charge in [0.25, 0.3) is 5.91 Å². The first-order chi connectivity index (χ1) is 17.7. The van der Waals surface area contributed by atoms with Gasteiger partial charge in [0.2, 0.25) is 0 Å². The van der Waals surface area contributed by atoms with Crippen molar-refractivity contribution < 1.29 is 23.9 Å². The Labute approximate surface area is 217 Å². The molecule has 0 aliphatic carbocycles. The fraction of sp³-hybridized carbons (Fsp3) is 0.185. The molecule has 1 unspecified atom stereocenters. The average Bonchev–Trinajstić information content (AvgIpc) is 3.34. The summed E-state index contributed by atoms with van der Waals surface area (Å²) < 4.78 is 11.0. The maximum absolute atomic E-state index is 13.2. The smallest absolute Gasteiger partial charge is 0.355 e. The average molecular weight is 517 g/mol. The molecule has 0 fully saturated rings. The van der Waals surface area contributed by atoms with Gasteiger partial charge in [-0.25, -0.2) is 9.59 Å². The van der Waals surface area contributed by atoms with E-state index in [2.05, 4.69) is 6.07 Å². The summed E-state index contributed by atoms with van der Waals surface area (Å²) in [6, 6.07) is 17.9. The second-order valence-electron chi connectivity index (χ2n) is 8.37. The first-order valence-electron chi connectivity index (χ1n) is 11.1. The Hall–Kier alpha value is -4.62. The minimum Gasteiger partial charge on any atom is -0.466 e. The molecule has 1 aromatic heterocycles. The van der Waals surface area contributed by atoms with Gasteiger partial charge in [-0.15, -0.1) is 11.3 Å². The molecule has 2 N–H and O–H groups in total. The van der Waals surface area contributed by atoms with E-state index in [-0.39, 0.29) is 28.6 Å². The fourth-order valence-corrected chi connectivity index (χ4v) is 5.34. The number of allylic oxidation sites excluding steroid dienone is 1. The molecule has 9 nitrogen and oxygen atoms in total. The second-order valence-corrected chi connectivity index (χ2v) is 9.45. The third-order valence-corrected chi connectivity index (χ3v) is 7.09. The highest BCUT2D eigenvalue weighted by molar-refractivity contribution is 7.20. The number of amides is 1. The Balaban J connectivity index is 2.00. The maximum Gasteiger partial charge on any atom is 0.355 e. The van der Waals surface area contributed by atoms with Crippen molar-refractivity contribution in [1.82, 2.24) is 4.90 Å². The van der Waals surface area contributed by atoms with Gasteiger partial charge in [0.1, 0.15) is 11.5 Å². The number of nitrogens with zero attached hydrogens (tertiary/aromatic N) is 3. The summed E-state index contributed by atoms with van der Waals surface area (Å²) in [4.78, 5) is 42.2. The molecule has 4 rings (SSSR count). The maximum atomic E-state index is 13.2. The minimum atomic E-state index is -0.946. The molecule has 0 radical (unpaired) electrons. The SMILES string of the molecule is COC(=O)C1=C(C(=O)OC)N(c2ccc3sc(C(=O)N(C)C)cc3c2)C(N)=C(C#N)C1c1ccccc1. The number of carbonyl (C=O) groups is 3. The quantitative estimate of drug-likeness (QED) is 0.511. The van der Waals surface area contributed by atoms with E-state index in [9.17, 15) is 19.6 Å². The van der Waals surface area contributed by atoms with Crippen molar-refractivity contribution in [3.63, 3.8) is 0 Å². The van der Waals surface area contributed by atoms with Crippen LogP contribution in [0.1, 0.15) is 21.2 Å². The molecule has 188 valence electrons. The van der Waals surface area contributed by atoms with Gasteiger partial charge >= 0.3 is 11.9 Å². The van der Waals surface area contributed by atoms with Crippen molar-refractivity contribution in [3.05, 3.63) is 87.7 Å². The standard InChI is InChI=1S/C27H24N4O5S/c1-30(2)25(32)20-13-16-12-17(10-11-19(16)37-20)31-23(27(34)36-4)22(26(33)35-3)21(18(14-28)24(31)29)15-8-6-5-7-9-15/h5-13,21H,29H2,1-4H3. The molecular formula is C27H24N4O5S. The van der Waals surface area contributed by atoms with E-state index in [1.165, 1.54) is 35.4 Å². The van der Waals surface area contributed by atoms with Crippen LogP contribution in [0.15, 0.2) is 77.3 Å². The zero-order valence-corrected chi connectivity index (χ0v) is 21.5. The summed E-state index contributed by atoms with van der Waals surface area (Å²) in [7, 11) is 5.74. The number of hydrogen-bond donors (Lipinski definition) is 1. The van der Waals surface area contributed by atoms with Crippen LogP contribution in [0.3, 0.4) is 0 Å². The first-order valence-corrected chi connectivity index (χ1v) is 12.0. The van der Waals surface area contributed by atoms with Crippen LogP contribution in [-0.4, -0.2) is 51.1 Å². The molecule has 1 amide bonds. The van der Waals surface area contributed by atoms with Gasteiger partial charge in [0.15, 0.2) is 0 Å². The number of carbonyl (C=O) groups excluding carboxylic acids is 3. The number of esters is 2. The van der Waals surface area contributed by atoms with Gasteiger partial charge in [-0.05, 0) is 35.2 Å². The number of thiophene rings is 1. The predicted molar refractivity (Wildman–Crippen MR) is 139 cm³/mol. The Morgan fingerprint density at radius 2 is 1.70 bits per heavy atom.